The van der Waals surface area contributed by atoms with Crippen molar-refractivity contribution in [1.82, 2.24) is 10.6 Å². The Hall–Kier alpha value is -1.79. The Morgan fingerprint density at radius 2 is 2.16 bits per heavy atom. The predicted molar refractivity (Wildman–Crippen MR) is 65.5 cm³/mol. The van der Waals surface area contributed by atoms with Crippen molar-refractivity contribution in [2.45, 2.75) is 25.0 Å². The highest BCUT2D eigenvalue weighted by molar-refractivity contribution is 6.00. The van der Waals surface area contributed by atoms with Gasteiger partial charge in [0.2, 0.25) is 11.8 Å². The van der Waals surface area contributed by atoms with Crippen LogP contribution in [0.1, 0.15) is 24.5 Å². The van der Waals surface area contributed by atoms with Gasteiger partial charge < -0.3 is 10.4 Å². The molecule has 0 bridgehead atoms. The zero-order chi connectivity index (χ0) is 13.8. The molecule has 1 saturated heterocycles. The number of carbonyl (C=O) groups excluding carboxylic acids is 2. The van der Waals surface area contributed by atoms with Crippen LogP contribution in [0.25, 0.3) is 0 Å². The van der Waals surface area contributed by atoms with Gasteiger partial charge in [-0.3, -0.25) is 14.9 Å². The average molecular weight is 266 g/mol. The molecule has 5 nitrogen and oxygen atoms in total. The summed E-state index contributed by atoms with van der Waals surface area (Å²) in [6.45, 7) is 0.0488. The minimum absolute atomic E-state index is 0.0488. The number of aliphatic hydroxyl groups is 1. The molecule has 0 aliphatic carbocycles. The molecule has 2 unspecified atom stereocenters. The maximum absolute atomic E-state index is 13.4. The number of hydrogen-bond donors (Lipinski definition) is 3. The second-order valence-corrected chi connectivity index (χ2v) is 4.45. The average Bonchev–Trinajstić information content (AvgIpc) is 2.38. The Labute approximate surface area is 109 Å². The Kier molecular flexibility index (Phi) is 4.24. The zero-order valence-electron chi connectivity index (χ0n) is 10.2. The van der Waals surface area contributed by atoms with Gasteiger partial charge in [-0.1, -0.05) is 18.2 Å². The van der Waals surface area contributed by atoms with E-state index < -0.39 is 23.9 Å². The monoisotopic (exact) mass is 266 g/mol. The van der Waals surface area contributed by atoms with Gasteiger partial charge in [0.1, 0.15) is 5.82 Å². The van der Waals surface area contributed by atoms with Crippen molar-refractivity contribution in [3.05, 3.63) is 35.6 Å². The van der Waals surface area contributed by atoms with E-state index in [1.165, 1.54) is 12.1 Å². The normalized spacial score (nSPS) is 21.1. The molecule has 2 rings (SSSR count). The van der Waals surface area contributed by atoms with E-state index in [2.05, 4.69) is 10.6 Å². The molecule has 0 spiro atoms. The molecule has 1 aromatic carbocycles. The highest BCUT2D eigenvalue weighted by Gasteiger charge is 2.26. The van der Waals surface area contributed by atoms with Crippen LogP contribution in [0.4, 0.5) is 4.39 Å². The van der Waals surface area contributed by atoms with Gasteiger partial charge >= 0.3 is 0 Å². The maximum Gasteiger partial charge on any atom is 0.243 e. The standard InChI is InChI=1S/C13H15FN2O3/c14-9-4-2-1-3-8(9)11(17)7-15-10-5-6-12(18)16-13(10)19/h1-4,10-11,15,17H,5-7H2,(H,16,18,19). The van der Waals surface area contributed by atoms with Gasteiger partial charge in [-0.2, -0.15) is 0 Å². The molecule has 0 radical (unpaired) electrons. The number of amides is 2. The number of halogens is 1. The molecule has 0 aromatic heterocycles. The maximum atomic E-state index is 13.4. The van der Waals surface area contributed by atoms with Crippen molar-refractivity contribution in [1.29, 1.82) is 0 Å². The number of nitrogens with one attached hydrogen (secondary N) is 2. The lowest BCUT2D eigenvalue weighted by atomic mass is 10.0. The third kappa shape index (κ3) is 3.36. The second kappa shape index (κ2) is 5.90. The van der Waals surface area contributed by atoms with Crippen molar-refractivity contribution in [2.24, 2.45) is 0 Å². The lowest BCUT2D eigenvalue weighted by molar-refractivity contribution is -0.134. The van der Waals surface area contributed by atoms with E-state index in [4.69, 9.17) is 0 Å². The first kappa shape index (κ1) is 13.6. The van der Waals surface area contributed by atoms with E-state index in [-0.39, 0.29) is 24.4 Å². The van der Waals surface area contributed by atoms with E-state index in [0.717, 1.165) is 0 Å². The van der Waals surface area contributed by atoms with Crippen LogP contribution in [-0.2, 0) is 9.59 Å². The van der Waals surface area contributed by atoms with Gasteiger partial charge in [0.25, 0.3) is 0 Å². The predicted octanol–water partition coefficient (Wildman–Crippen LogP) is 0.254. The van der Waals surface area contributed by atoms with Crippen LogP contribution in [-0.4, -0.2) is 29.5 Å². The van der Waals surface area contributed by atoms with Crippen molar-refractivity contribution >= 4 is 11.8 Å². The van der Waals surface area contributed by atoms with Crippen LogP contribution in [0.2, 0.25) is 0 Å². The van der Waals surface area contributed by atoms with Crippen LogP contribution >= 0.6 is 0 Å². The van der Waals surface area contributed by atoms with E-state index in [1.807, 2.05) is 0 Å². The van der Waals surface area contributed by atoms with Crippen molar-refractivity contribution in [3.8, 4) is 0 Å². The van der Waals surface area contributed by atoms with Gasteiger partial charge in [0.15, 0.2) is 0 Å². The summed E-state index contributed by atoms with van der Waals surface area (Å²) < 4.78 is 13.4. The molecule has 1 fully saturated rings. The summed E-state index contributed by atoms with van der Waals surface area (Å²) in [7, 11) is 0. The SMILES string of the molecule is O=C1CCC(NCC(O)c2ccccc2F)C(=O)N1. The van der Waals surface area contributed by atoms with E-state index in [9.17, 15) is 19.1 Å². The largest absolute Gasteiger partial charge is 0.387 e. The fraction of sp³-hybridized carbons (Fsp3) is 0.385. The number of carbonyl (C=O) groups is 2. The van der Waals surface area contributed by atoms with Gasteiger partial charge in [0, 0.05) is 18.5 Å². The topological polar surface area (TPSA) is 78.4 Å². The molecule has 0 saturated carbocycles. The Morgan fingerprint density at radius 3 is 2.84 bits per heavy atom. The summed E-state index contributed by atoms with van der Waals surface area (Å²) in [5, 5.41) is 14.9. The molecule has 1 aliphatic rings. The smallest absolute Gasteiger partial charge is 0.243 e. The molecule has 3 N–H and O–H groups in total. The summed E-state index contributed by atoms with van der Waals surface area (Å²) in [6.07, 6.45) is -0.389. The van der Waals surface area contributed by atoms with Gasteiger partial charge in [-0.05, 0) is 12.5 Å². The Morgan fingerprint density at radius 1 is 1.42 bits per heavy atom. The molecule has 1 aliphatic heterocycles. The molecule has 102 valence electrons. The minimum Gasteiger partial charge on any atom is -0.387 e. The lowest BCUT2D eigenvalue weighted by Gasteiger charge is -2.23. The van der Waals surface area contributed by atoms with E-state index >= 15 is 0 Å². The second-order valence-electron chi connectivity index (χ2n) is 4.45. The van der Waals surface area contributed by atoms with Gasteiger partial charge in [-0.15, -0.1) is 0 Å². The Balaban J connectivity index is 1.90. The summed E-state index contributed by atoms with van der Waals surface area (Å²) >= 11 is 0. The minimum atomic E-state index is -1.04. The third-order valence-corrected chi connectivity index (χ3v) is 3.06. The van der Waals surface area contributed by atoms with Crippen LogP contribution in [0.3, 0.4) is 0 Å². The molecule has 1 heterocycles. The first-order valence-electron chi connectivity index (χ1n) is 6.07. The first-order chi connectivity index (χ1) is 9.08. The van der Waals surface area contributed by atoms with Crippen LogP contribution in [0, 0.1) is 5.82 Å². The summed E-state index contributed by atoms with van der Waals surface area (Å²) in [4.78, 5) is 22.4. The van der Waals surface area contributed by atoms with Crippen molar-refractivity contribution in [2.75, 3.05) is 6.54 Å². The quantitative estimate of drug-likeness (QED) is 0.683. The number of hydrogen-bond acceptors (Lipinski definition) is 4. The lowest BCUT2D eigenvalue weighted by Crippen LogP contribution is -2.51. The molecule has 19 heavy (non-hydrogen) atoms. The van der Waals surface area contributed by atoms with Crippen molar-refractivity contribution in [3.63, 3.8) is 0 Å². The summed E-state index contributed by atoms with van der Waals surface area (Å²) in [5.41, 5.74) is 0.183. The molecule has 2 atom stereocenters. The summed E-state index contributed by atoms with van der Waals surface area (Å²) in [6, 6.07) is 5.41. The number of aliphatic hydroxyl groups excluding tert-OH is 1. The van der Waals surface area contributed by atoms with Crippen LogP contribution < -0.4 is 10.6 Å². The van der Waals surface area contributed by atoms with E-state index in [0.29, 0.717) is 6.42 Å². The molecule has 6 heteroatoms. The molecular weight excluding hydrogens is 251 g/mol. The molecule has 1 aromatic rings. The fourth-order valence-electron chi connectivity index (χ4n) is 2.00. The first-order valence-corrected chi connectivity index (χ1v) is 6.07. The van der Waals surface area contributed by atoms with E-state index in [1.54, 1.807) is 12.1 Å². The number of imide groups is 1. The molecular formula is C13H15FN2O3. The number of piperidine rings is 1. The fourth-order valence-corrected chi connectivity index (χ4v) is 2.00. The highest BCUT2D eigenvalue weighted by Crippen LogP contribution is 2.16. The van der Waals surface area contributed by atoms with Gasteiger partial charge in [-0.25, -0.2) is 4.39 Å². The summed E-state index contributed by atoms with van der Waals surface area (Å²) in [5.74, 6) is -1.19. The Bertz CT molecular complexity index is 493. The number of rotatable bonds is 4. The molecule has 2 amide bonds. The van der Waals surface area contributed by atoms with Crippen LogP contribution in [0.15, 0.2) is 24.3 Å². The van der Waals surface area contributed by atoms with Crippen molar-refractivity contribution < 1.29 is 19.1 Å². The number of benzene rings is 1. The third-order valence-electron chi connectivity index (χ3n) is 3.06. The zero-order valence-corrected chi connectivity index (χ0v) is 10.2. The van der Waals surface area contributed by atoms with Crippen LogP contribution in [0.5, 0.6) is 0 Å². The highest BCUT2D eigenvalue weighted by atomic mass is 19.1. The van der Waals surface area contributed by atoms with Gasteiger partial charge in [0.05, 0.1) is 12.1 Å².